The molecule has 2 aliphatic carbocycles. The zero-order valence-corrected chi connectivity index (χ0v) is 21.4. The Morgan fingerprint density at radius 1 is 1.22 bits per heavy atom. The Balaban J connectivity index is 1.45. The highest BCUT2D eigenvalue weighted by Gasteiger charge is 2.41. The van der Waals surface area contributed by atoms with Crippen molar-refractivity contribution >= 4 is 35.0 Å². The number of nitrogens with zero attached hydrogens (tertiary/aromatic N) is 4. The molecule has 9 nitrogen and oxygen atoms in total. The minimum absolute atomic E-state index is 0.0572. The van der Waals surface area contributed by atoms with Crippen LogP contribution in [-0.2, 0) is 4.79 Å². The first-order valence-corrected chi connectivity index (χ1v) is 12.6. The first kappa shape index (κ1) is 24.1. The van der Waals surface area contributed by atoms with E-state index in [0.717, 1.165) is 37.2 Å². The van der Waals surface area contributed by atoms with Gasteiger partial charge in [0.15, 0.2) is 5.82 Å². The molecule has 2 N–H and O–H groups in total. The molecule has 2 heterocycles. The van der Waals surface area contributed by atoms with Crippen molar-refractivity contribution in [2.45, 2.75) is 58.4 Å². The van der Waals surface area contributed by atoms with E-state index in [1.165, 1.54) is 12.8 Å². The summed E-state index contributed by atoms with van der Waals surface area (Å²) in [6.07, 6.45) is 10.2. The molecule has 3 aliphatic rings. The lowest BCUT2D eigenvalue weighted by atomic mass is 9.91. The van der Waals surface area contributed by atoms with Gasteiger partial charge in [-0.05, 0) is 57.7 Å². The predicted octanol–water partition coefficient (Wildman–Crippen LogP) is 4.39. The zero-order valence-electron chi connectivity index (χ0n) is 21.4. The molecule has 1 aromatic heterocycles. The lowest BCUT2D eigenvalue weighted by Crippen LogP contribution is -2.45. The Labute approximate surface area is 211 Å². The third-order valence-corrected chi connectivity index (χ3v) is 7.39. The van der Waals surface area contributed by atoms with Gasteiger partial charge in [0, 0.05) is 30.9 Å². The highest BCUT2D eigenvalue weighted by molar-refractivity contribution is 6.01. The van der Waals surface area contributed by atoms with Crippen LogP contribution in [0.15, 0.2) is 36.2 Å². The second-order valence-electron chi connectivity index (χ2n) is 10.5. The summed E-state index contributed by atoms with van der Waals surface area (Å²) >= 11 is 0. The molecule has 0 spiro atoms. The minimum Gasteiger partial charge on any atom is -0.495 e. The van der Waals surface area contributed by atoms with E-state index in [1.54, 1.807) is 43.5 Å². The van der Waals surface area contributed by atoms with Crippen molar-refractivity contribution in [1.29, 1.82) is 0 Å². The van der Waals surface area contributed by atoms with Gasteiger partial charge in [0.05, 0.1) is 24.4 Å². The maximum absolute atomic E-state index is 13.2. The number of hydrogen-bond acceptors (Lipinski definition) is 7. The van der Waals surface area contributed by atoms with Crippen LogP contribution in [0.1, 0.15) is 62.7 Å². The maximum atomic E-state index is 13.2. The van der Waals surface area contributed by atoms with Crippen LogP contribution in [0.4, 0.5) is 23.1 Å². The predicted molar refractivity (Wildman–Crippen MR) is 140 cm³/mol. The highest BCUT2D eigenvalue weighted by atomic mass is 16.5. The normalized spacial score (nSPS) is 19.2. The van der Waals surface area contributed by atoms with Gasteiger partial charge in [0.25, 0.3) is 5.91 Å². The summed E-state index contributed by atoms with van der Waals surface area (Å²) in [4.78, 5) is 39.2. The number of fused-ring (bicyclic) bond motifs is 1. The molecule has 36 heavy (non-hydrogen) atoms. The van der Waals surface area contributed by atoms with Crippen LogP contribution in [0.3, 0.4) is 0 Å². The number of amides is 2. The monoisotopic (exact) mass is 490 g/mol. The molecule has 2 aromatic rings. The third kappa shape index (κ3) is 4.50. The van der Waals surface area contributed by atoms with Crippen LogP contribution in [0.25, 0.3) is 0 Å². The number of carbonyl (C=O) groups is 2. The van der Waals surface area contributed by atoms with E-state index in [-0.39, 0.29) is 11.8 Å². The number of nitrogens with one attached hydrogen (secondary N) is 2. The van der Waals surface area contributed by atoms with Crippen molar-refractivity contribution in [3.8, 4) is 5.75 Å². The number of benzene rings is 1. The molecule has 0 atom stereocenters. The number of hydrogen-bond donors (Lipinski definition) is 2. The van der Waals surface area contributed by atoms with E-state index < -0.39 is 5.41 Å². The van der Waals surface area contributed by atoms with Crippen LogP contribution in [0, 0.1) is 5.41 Å². The first-order chi connectivity index (χ1) is 17.3. The summed E-state index contributed by atoms with van der Waals surface area (Å²) in [6, 6.07) is 5.61. The van der Waals surface area contributed by atoms with E-state index in [0.29, 0.717) is 41.2 Å². The Morgan fingerprint density at radius 2 is 1.97 bits per heavy atom. The number of carbonyl (C=O) groups excluding carboxylic acids is 2. The molecule has 0 saturated heterocycles. The molecule has 0 radical (unpaired) electrons. The summed E-state index contributed by atoms with van der Waals surface area (Å²) in [5.74, 6) is 1.60. The largest absolute Gasteiger partial charge is 0.495 e. The fraction of sp³-hybridized carbons (Fsp3) is 0.481. The summed E-state index contributed by atoms with van der Waals surface area (Å²) < 4.78 is 5.57. The summed E-state index contributed by atoms with van der Waals surface area (Å²) in [6.45, 7) is 4.60. The van der Waals surface area contributed by atoms with Gasteiger partial charge in [0.2, 0.25) is 11.9 Å². The van der Waals surface area contributed by atoms with Gasteiger partial charge in [-0.1, -0.05) is 18.9 Å². The number of ether oxygens (including phenoxy) is 1. The molecular formula is C27H34N6O3. The van der Waals surface area contributed by atoms with Gasteiger partial charge in [-0.25, -0.2) is 4.98 Å². The number of methoxy groups -OCH3 is 1. The summed E-state index contributed by atoms with van der Waals surface area (Å²) in [5.41, 5.74) is 2.30. The molecule has 0 bridgehead atoms. The SMILES string of the molecule is COc1cc(C(=O)NC2=CCC2)ccc1Nc1ncc2c(n1)N(C1CCCC1)CC(C)(C)C(=O)N2C. The molecule has 1 fully saturated rings. The molecule has 190 valence electrons. The van der Waals surface area contributed by atoms with E-state index in [4.69, 9.17) is 9.72 Å². The van der Waals surface area contributed by atoms with Crippen LogP contribution < -0.4 is 25.2 Å². The number of anilines is 4. The van der Waals surface area contributed by atoms with Crippen molar-refractivity contribution in [2.75, 3.05) is 35.8 Å². The zero-order chi connectivity index (χ0) is 25.4. The van der Waals surface area contributed by atoms with Crippen LogP contribution >= 0.6 is 0 Å². The van der Waals surface area contributed by atoms with Crippen molar-refractivity contribution in [1.82, 2.24) is 15.3 Å². The number of aromatic nitrogens is 2. The van der Waals surface area contributed by atoms with Gasteiger partial charge in [-0.15, -0.1) is 0 Å². The molecule has 9 heteroatoms. The van der Waals surface area contributed by atoms with E-state index in [9.17, 15) is 9.59 Å². The van der Waals surface area contributed by atoms with E-state index >= 15 is 0 Å². The van der Waals surface area contributed by atoms with Gasteiger partial charge in [-0.3, -0.25) is 9.59 Å². The minimum atomic E-state index is -0.541. The van der Waals surface area contributed by atoms with Gasteiger partial charge in [-0.2, -0.15) is 4.98 Å². The molecule has 2 amide bonds. The highest BCUT2D eigenvalue weighted by Crippen LogP contribution is 2.40. The second-order valence-corrected chi connectivity index (χ2v) is 10.5. The Morgan fingerprint density at radius 3 is 2.64 bits per heavy atom. The molecule has 1 aliphatic heterocycles. The fourth-order valence-electron chi connectivity index (χ4n) is 5.20. The average molecular weight is 491 g/mol. The van der Waals surface area contributed by atoms with Gasteiger partial charge < -0.3 is 25.2 Å². The van der Waals surface area contributed by atoms with Gasteiger partial charge >= 0.3 is 0 Å². The third-order valence-electron chi connectivity index (χ3n) is 7.39. The lowest BCUT2D eigenvalue weighted by Gasteiger charge is -2.34. The Kier molecular flexibility index (Phi) is 6.32. The Hall–Kier alpha value is -3.62. The van der Waals surface area contributed by atoms with Crippen LogP contribution in [0.2, 0.25) is 0 Å². The molecule has 5 rings (SSSR count). The summed E-state index contributed by atoms with van der Waals surface area (Å²) in [5, 5.41) is 6.18. The quantitative estimate of drug-likeness (QED) is 0.620. The number of rotatable bonds is 6. The van der Waals surface area contributed by atoms with Crippen LogP contribution in [-0.4, -0.2) is 48.5 Å². The van der Waals surface area contributed by atoms with Gasteiger partial charge in [0.1, 0.15) is 11.4 Å². The first-order valence-electron chi connectivity index (χ1n) is 12.6. The van der Waals surface area contributed by atoms with Crippen molar-refractivity contribution in [3.63, 3.8) is 0 Å². The lowest BCUT2D eigenvalue weighted by molar-refractivity contribution is -0.125. The maximum Gasteiger partial charge on any atom is 0.255 e. The van der Waals surface area contributed by atoms with E-state index in [1.807, 2.05) is 19.9 Å². The molecule has 1 saturated carbocycles. The second kappa shape index (κ2) is 9.44. The van der Waals surface area contributed by atoms with Crippen molar-refractivity contribution < 1.29 is 14.3 Å². The standard InChI is InChI=1S/C27H34N6O3/c1-27(2)16-33(19-10-5-6-11-19)23-21(32(3)25(27)35)15-28-26(31-23)30-20-13-12-17(14-22(20)36-4)24(34)29-18-8-7-9-18/h8,12-15,19H,5-7,9-11,16H2,1-4H3,(H,29,34)(H,28,30,31). The van der Waals surface area contributed by atoms with Crippen LogP contribution in [0.5, 0.6) is 5.75 Å². The molecule has 1 aromatic carbocycles. The fourth-order valence-corrected chi connectivity index (χ4v) is 5.20. The molecule has 0 unspecified atom stereocenters. The topological polar surface area (TPSA) is 99.7 Å². The Bertz CT molecular complexity index is 1220. The molecular weight excluding hydrogens is 456 g/mol. The summed E-state index contributed by atoms with van der Waals surface area (Å²) in [7, 11) is 3.36. The smallest absolute Gasteiger partial charge is 0.255 e. The van der Waals surface area contributed by atoms with Crippen molar-refractivity contribution in [2.24, 2.45) is 5.41 Å². The van der Waals surface area contributed by atoms with Crippen molar-refractivity contribution in [3.05, 3.63) is 41.7 Å². The number of allylic oxidation sites excluding steroid dienone is 2. The average Bonchev–Trinajstić information content (AvgIpc) is 3.36. The van der Waals surface area contributed by atoms with E-state index in [2.05, 4.69) is 20.5 Å².